The van der Waals surface area contributed by atoms with Crippen LogP contribution >= 0.6 is 9.21 Å². The maximum atomic E-state index is 12.9. The highest BCUT2D eigenvalue weighted by Crippen LogP contribution is 2.36. The van der Waals surface area contributed by atoms with Crippen molar-refractivity contribution in [3.05, 3.63) is 75.6 Å². The van der Waals surface area contributed by atoms with E-state index in [1.807, 2.05) is 13.8 Å². The summed E-state index contributed by atoms with van der Waals surface area (Å²) in [5.74, 6) is 7.75. The molecule has 176 valence electrons. The number of hydrogen-bond acceptors (Lipinski definition) is 1. The average molecular weight is 466 g/mol. The maximum absolute atomic E-state index is 12.9. The summed E-state index contributed by atoms with van der Waals surface area (Å²) in [6.45, 7) is 8.45. The number of aryl methyl sites for hydroxylation is 2. The molecule has 1 N–H and O–H groups in total. The van der Waals surface area contributed by atoms with E-state index in [-0.39, 0.29) is 10.9 Å². The molecular formula is C26H34F3NOS. The van der Waals surface area contributed by atoms with E-state index in [1.54, 1.807) is 12.3 Å². The van der Waals surface area contributed by atoms with Gasteiger partial charge in [-0.15, -0.1) is 0 Å². The van der Waals surface area contributed by atoms with Crippen LogP contribution in [0.4, 0.5) is 13.2 Å². The quantitative estimate of drug-likeness (QED) is 0.399. The number of pyridine rings is 1. The standard InChI is InChI=1S/C13H12F3NOS.C11H16.C2H6/c1-19(2,3)8-4-5-11-9(6-8)10(13(14,15)16)7-12(18)17-11;1-3-7-11-9-6-5-8-10(11)4-2;1-2/h4-7H,1-2H2,3H3,(H,17,18);5-6,8-9H,3-4,7H2,1-2H3;1-2H3. The van der Waals surface area contributed by atoms with Gasteiger partial charge >= 0.3 is 6.18 Å². The fourth-order valence-corrected chi connectivity index (χ4v) is 3.99. The summed E-state index contributed by atoms with van der Waals surface area (Å²) < 4.78 is 38.8. The first-order valence-electron chi connectivity index (χ1n) is 10.7. The molecule has 0 amide bonds. The van der Waals surface area contributed by atoms with Crippen molar-refractivity contribution in [2.24, 2.45) is 0 Å². The Morgan fingerprint density at radius 3 is 2.06 bits per heavy atom. The highest BCUT2D eigenvalue weighted by atomic mass is 32.2. The first kappa shape index (κ1) is 27.6. The Kier molecular flexibility index (Phi) is 10.3. The second-order valence-corrected chi connectivity index (χ2v) is 10.4. The lowest BCUT2D eigenvalue weighted by Crippen LogP contribution is -2.13. The molecule has 3 rings (SSSR count). The number of benzene rings is 2. The van der Waals surface area contributed by atoms with E-state index in [2.05, 4.69) is 54.8 Å². The fraction of sp³-hybridized carbons (Fsp3) is 0.346. The monoisotopic (exact) mass is 465 g/mol. The Morgan fingerprint density at radius 2 is 1.56 bits per heavy atom. The predicted molar refractivity (Wildman–Crippen MR) is 137 cm³/mol. The van der Waals surface area contributed by atoms with Gasteiger partial charge < -0.3 is 4.98 Å². The van der Waals surface area contributed by atoms with Crippen LogP contribution in [0.25, 0.3) is 10.9 Å². The molecule has 0 saturated heterocycles. The van der Waals surface area contributed by atoms with Gasteiger partial charge in [0.15, 0.2) is 0 Å². The highest BCUT2D eigenvalue weighted by Gasteiger charge is 2.33. The van der Waals surface area contributed by atoms with Crippen LogP contribution in [0.5, 0.6) is 0 Å². The summed E-state index contributed by atoms with van der Waals surface area (Å²) in [6.07, 6.45) is 0.851. The molecule has 0 aliphatic rings. The summed E-state index contributed by atoms with van der Waals surface area (Å²) in [4.78, 5) is 14.3. The minimum atomic E-state index is -4.57. The molecule has 3 aromatic rings. The molecule has 0 bridgehead atoms. The van der Waals surface area contributed by atoms with Crippen molar-refractivity contribution in [3.63, 3.8) is 0 Å². The molecule has 2 aromatic carbocycles. The van der Waals surface area contributed by atoms with Crippen LogP contribution < -0.4 is 5.56 Å². The number of rotatable bonds is 4. The van der Waals surface area contributed by atoms with Crippen LogP contribution in [0.3, 0.4) is 0 Å². The zero-order chi connectivity index (χ0) is 24.5. The van der Waals surface area contributed by atoms with Gasteiger partial charge in [0.25, 0.3) is 0 Å². The van der Waals surface area contributed by atoms with Crippen molar-refractivity contribution in [1.29, 1.82) is 0 Å². The molecular weight excluding hydrogens is 431 g/mol. The van der Waals surface area contributed by atoms with Gasteiger partial charge in [0.1, 0.15) is 0 Å². The summed E-state index contributed by atoms with van der Waals surface area (Å²) in [6, 6.07) is 13.8. The van der Waals surface area contributed by atoms with Crippen LogP contribution in [0.15, 0.2) is 58.2 Å². The summed E-state index contributed by atoms with van der Waals surface area (Å²) >= 11 is 0. The topological polar surface area (TPSA) is 32.9 Å². The third kappa shape index (κ3) is 7.59. The van der Waals surface area contributed by atoms with Crippen LogP contribution in [0, 0.1) is 0 Å². The van der Waals surface area contributed by atoms with Gasteiger partial charge in [-0.1, -0.05) is 70.1 Å². The molecule has 1 aromatic heterocycles. The summed E-state index contributed by atoms with van der Waals surface area (Å²) in [5.41, 5.74) is 1.49. The highest BCUT2D eigenvalue weighted by molar-refractivity contribution is 8.27. The second kappa shape index (κ2) is 12.0. The molecule has 0 radical (unpaired) electrons. The molecule has 0 fully saturated rings. The lowest BCUT2D eigenvalue weighted by atomic mass is 10.0. The van der Waals surface area contributed by atoms with Gasteiger partial charge in [-0.25, -0.2) is 0 Å². The normalized spacial score (nSPS) is 11.2. The average Bonchev–Trinajstić information content (AvgIpc) is 2.74. The van der Waals surface area contributed by atoms with Crippen molar-refractivity contribution < 1.29 is 13.2 Å². The van der Waals surface area contributed by atoms with Crippen molar-refractivity contribution in [2.45, 2.75) is 58.0 Å². The molecule has 0 aliphatic heterocycles. The summed E-state index contributed by atoms with van der Waals surface area (Å²) in [5, 5.41) is -0.0318. The Hall–Kier alpha value is -2.47. The molecule has 6 heteroatoms. The fourth-order valence-electron chi connectivity index (χ4n) is 3.19. The van der Waals surface area contributed by atoms with E-state index >= 15 is 0 Å². The van der Waals surface area contributed by atoms with Crippen molar-refractivity contribution in [1.82, 2.24) is 4.98 Å². The summed E-state index contributed by atoms with van der Waals surface area (Å²) in [7, 11) is -1.63. The minimum Gasteiger partial charge on any atom is -0.322 e. The van der Waals surface area contributed by atoms with Crippen LogP contribution in [-0.4, -0.2) is 23.0 Å². The van der Waals surface area contributed by atoms with E-state index < -0.39 is 26.5 Å². The van der Waals surface area contributed by atoms with Crippen LogP contribution in [0.2, 0.25) is 0 Å². The number of halogens is 3. The molecule has 32 heavy (non-hydrogen) atoms. The van der Waals surface area contributed by atoms with Crippen LogP contribution in [0.1, 0.15) is 50.8 Å². The molecule has 0 spiro atoms. The van der Waals surface area contributed by atoms with E-state index in [9.17, 15) is 18.0 Å². The Balaban J connectivity index is 0.000000335. The van der Waals surface area contributed by atoms with Crippen LogP contribution in [-0.2, 0) is 19.0 Å². The third-order valence-electron chi connectivity index (χ3n) is 4.71. The Labute approximate surface area is 190 Å². The van der Waals surface area contributed by atoms with Gasteiger partial charge in [-0.2, -0.15) is 22.4 Å². The zero-order valence-electron chi connectivity index (χ0n) is 19.6. The second-order valence-electron chi connectivity index (χ2n) is 7.40. The lowest BCUT2D eigenvalue weighted by molar-refractivity contribution is -0.136. The van der Waals surface area contributed by atoms with Gasteiger partial charge in [0, 0.05) is 17.0 Å². The predicted octanol–water partition coefficient (Wildman–Crippen LogP) is 7.43. The van der Waals surface area contributed by atoms with Gasteiger partial charge in [0.2, 0.25) is 5.56 Å². The SMILES string of the molecule is C=S(=C)(C)c1ccc2[nH]c(=O)cc(C(F)(F)F)c2c1.CC.CCCc1ccccc1CC. The molecule has 0 aliphatic carbocycles. The van der Waals surface area contributed by atoms with Gasteiger partial charge in [0.05, 0.1) is 5.56 Å². The van der Waals surface area contributed by atoms with Crippen molar-refractivity contribution in [2.75, 3.05) is 6.26 Å². The number of H-pyrrole nitrogens is 1. The van der Waals surface area contributed by atoms with Crippen molar-refractivity contribution >= 4 is 31.8 Å². The van der Waals surface area contributed by atoms with Gasteiger partial charge in [-0.3, -0.25) is 4.79 Å². The van der Waals surface area contributed by atoms with E-state index in [0.29, 0.717) is 11.0 Å². The zero-order valence-corrected chi connectivity index (χ0v) is 20.4. The third-order valence-corrected chi connectivity index (χ3v) is 6.10. The minimum absolute atomic E-state index is 0.0318. The smallest absolute Gasteiger partial charge is 0.322 e. The molecule has 1 heterocycles. The number of aromatic amines is 1. The molecule has 0 atom stereocenters. The Bertz CT molecular complexity index is 1180. The van der Waals surface area contributed by atoms with E-state index in [0.717, 1.165) is 6.42 Å². The van der Waals surface area contributed by atoms with Crippen molar-refractivity contribution in [3.8, 4) is 0 Å². The number of hydrogen-bond donors (Lipinski definition) is 1. The first-order chi connectivity index (χ1) is 15.0. The lowest BCUT2D eigenvalue weighted by Gasteiger charge is -2.13. The number of fused-ring (bicyclic) bond motifs is 1. The number of nitrogens with one attached hydrogen (secondary N) is 1. The molecule has 2 nitrogen and oxygen atoms in total. The van der Waals surface area contributed by atoms with E-state index in [1.165, 1.54) is 36.1 Å². The number of alkyl halides is 3. The maximum Gasteiger partial charge on any atom is 0.417 e. The molecule has 0 saturated carbocycles. The first-order valence-corrected chi connectivity index (χ1v) is 13.1. The number of aromatic nitrogens is 1. The van der Waals surface area contributed by atoms with Gasteiger partial charge in [-0.05, 0) is 53.3 Å². The van der Waals surface area contributed by atoms with E-state index in [4.69, 9.17) is 0 Å². The Morgan fingerprint density at radius 1 is 0.969 bits per heavy atom. The molecule has 0 unspecified atom stereocenters. The largest absolute Gasteiger partial charge is 0.417 e.